The highest BCUT2D eigenvalue weighted by molar-refractivity contribution is 6.31. The summed E-state index contributed by atoms with van der Waals surface area (Å²) in [7, 11) is 0. The van der Waals surface area contributed by atoms with Gasteiger partial charge in [0.1, 0.15) is 6.04 Å². The Labute approximate surface area is 124 Å². The zero-order chi connectivity index (χ0) is 14.7. The molecule has 4 nitrogen and oxygen atoms in total. The summed E-state index contributed by atoms with van der Waals surface area (Å²) in [6, 6.07) is 5.32. The Morgan fingerprint density at radius 1 is 1.50 bits per heavy atom. The molecule has 0 aromatic heterocycles. The van der Waals surface area contributed by atoms with Crippen LogP contribution in [0.4, 0.5) is 0 Å². The molecule has 1 fully saturated rings. The lowest BCUT2D eigenvalue weighted by atomic mass is 10.1. The van der Waals surface area contributed by atoms with Gasteiger partial charge in [-0.3, -0.25) is 9.59 Å². The number of halogens is 1. The monoisotopic (exact) mass is 294 g/mol. The lowest BCUT2D eigenvalue weighted by Gasteiger charge is -2.22. The van der Waals surface area contributed by atoms with Gasteiger partial charge in [0.15, 0.2) is 0 Å². The van der Waals surface area contributed by atoms with E-state index >= 15 is 0 Å². The first-order valence-electron chi connectivity index (χ1n) is 6.85. The highest BCUT2D eigenvalue weighted by Gasteiger charge is 2.34. The van der Waals surface area contributed by atoms with Crippen molar-refractivity contribution in [1.29, 1.82) is 0 Å². The van der Waals surface area contributed by atoms with Crippen molar-refractivity contribution in [2.24, 2.45) is 0 Å². The summed E-state index contributed by atoms with van der Waals surface area (Å²) in [5.41, 5.74) is 1.97. The zero-order valence-corrected chi connectivity index (χ0v) is 12.5. The second-order valence-electron chi connectivity index (χ2n) is 4.99. The number of rotatable bonds is 4. The van der Waals surface area contributed by atoms with Gasteiger partial charge in [-0.2, -0.15) is 0 Å². The number of benzene rings is 1. The molecule has 108 valence electrons. The van der Waals surface area contributed by atoms with Gasteiger partial charge in [0.2, 0.25) is 11.8 Å². The molecule has 5 heteroatoms. The van der Waals surface area contributed by atoms with Crippen LogP contribution in [0, 0.1) is 6.92 Å². The van der Waals surface area contributed by atoms with Gasteiger partial charge < -0.3 is 10.2 Å². The third-order valence-corrected chi connectivity index (χ3v) is 4.12. The molecule has 1 saturated heterocycles. The third-order valence-electron chi connectivity index (χ3n) is 3.76. The number of hydrogen-bond donors (Lipinski definition) is 1. The van der Waals surface area contributed by atoms with Gasteiger partial charge in [0.25, 0.3) is 0 Å². The molecule has 1 aliphatic rings. The van der Waals surface area contributed by atoms with Crippen LogP contribution in [0.25, 0.3) is 0 Å². The van der Waals surface area contributed by atoms with Crippen molar-refractivity contribution in [2.75, 3.05) is 6.54 Å². The Morgan fingerprint density at radius 2 is 2.25 bits per heavy atom. The molecule has 1 aliphatic heterocycles. The minimum Gasteiger partial charge on any atom is -0.350 e. The maximum Gasteiger partial charge on any atom is 0.243 e. The van der Waals surface area contributed by atoms with Crippen LogP contribution in [0.3, 0.4) is 0 Å². The standard InChI is InChI=1S/C15H19ClN2O2/c1-3-18-13(7-8-14(18)19)15(20)17-9-11-10(2)5-4-6-12(11)16/h4-6,13H,3,7-9H2,1-2H3,(H,17,20)/t13-/m1/s1. The number of carbonyl (C=O) groups is 2. The van der Waals surface area contributed by atoms with Crippen LogP contribution in [-0.2, 0) is 16.1 Å². The second-order valence-corrected chi connectivity index (χ2v) is 5.39. The van der Waals surface area contributed by atoms with Crippen molar-refractivity contribution in [1.82, 2.24) is 10.2 Å². The predicted molar refractivity (Wildman–Crippen MR) is 78.4 cm³/mol. The van der Waals surface area contributed by atoms with Crippen molar-refractivity contribution in [3.8, 4) is 0 Å². The first-order valence-corrected chi connectivity index (χ1v) is 7.23. The minimum atomic E-state index is -0.338. The van der Waals surface area contributed by atoms with E-state index in [-0.39, 0.29) is 17.9 Å². The van der Waals surface area contributed by atoms with Gasteiger partial charge in [-0.15, -0.1) is 0 Å². The summed E-state index contributed by atoms with van der Waals surface area (Å²) < 4.78 is 0. The molecule has 1 N–H and O–H groups in total. The zero-order valence-electron chi connectivity index (χ0n) is 11.8. The van der Waals surface area contributed by atoms with Crippen molar-refractivity contribution < 1.29 is 9.59 Å². The summed E-state index contributed by atoms with van der Waals surface area (Å²) in [4.78, 5) is 25.5. The van der Waals surface area contributed by atoms with E-state index in [2.05, 4.69) is 5.32 Å². The lowest BCUT2D eigenvalue weighted by Crippen LogP contribution is -2.44. The molecule has 1 atom stereocenters. The highest BCUT2D eigenvalue weighted by atomic mass is 35.5. The molecule has 1 aromatic carbocycles. The minimum absolute atomic E-state index is 0.0570. The number of likely N-dealkylation sites (N-methyl/N-ethyl adjacent to an activating group) is 1. The number of likely N-dealkylation sites (tertiary alicyclic amines) is 1. The maximum absolute atomic E-state index is 12.2. The Bertz CT molecular complexity index is 510. The predicted octanol–water partition coefficient (Wildman–Crippen LogP) is 2.28. The summed E-state index contributed by atoms with van der Waals surface area (Å²) in [6.45, 7) is 4.82. The van der Waals surface area contributed by atoms with Gasteiger partial charge in [-0.1, -0.05) is 23.7 Å². The highest BCUT2D eigenvalue weighted by Crippen LogP contribution is 2.21. The molecular formula is C15H19ClN2O2. The SMILES string of the molecule is CCN1C(=O)CC[C@@H]1C(=O)NCc1c(C)cccc1Cl. The average molecular weight is 295 g/mol. The molecule has 0 bridgehead atoms. The first-order chi connectivity index (χ1) is 9.54. The van der Waals surface area contributed by atoms with Crippen molar-refractivity contribution in [2.45, 2.75) is 39.3 Å². The molecule has 0 radical (unpaired) electrons. The number of aryl methyl sites for hydroxylation is 1. The van der Waals surface area contributed by atoms with Crippen LogP contribution >= 0.6 is 11.6 Å². The summed E-state index contributed by atoms with van der Waals surface area (Å²) >= 11 is 6.14. The van der Waals surface area contributed by atoms with E-state index in [0.717, 1.165) is 11.1 Å². The van der Waals surface area contributed by atoms with Crippen LogP contribution in [0.15, 0.2) is 18.2 Å². The topological polar surface area (TPSA) is 49.4 Å². The Morgan fingerprint density at radius 3 is 2.90 bits per heavy atom. The summed E-state index contributed by atoms with van der Waals surface area (Å²) in [5, 5.41) is 3.54. The second kappa shape index (κ2) is 6.27. The third kappa shape index (κ3) is 2.96. The maximum atomic E-state index is 12.2. The first kappa shape index (κ1) is 14.9. The van der Waals surface area contributed by atoms with Crippen LogP contribution in [0.5, 0.6) is 0 Å². The molecule has 0 unspecified atom stereocenters. The van der Waals surface area contributed by atoms with E-state index in [0.29, 0.717) is 31.0 Å². The number of nitrogens with one attached hydrogen (secondary N) is 1. The Kier molecular flexibility index (Phi) is 4.65. The van der Waals surface area contributed by atoms with Gasteiger partial charge in [-0.25, -0.2) is 0 Å². The lowest BCUT2D eigenvalue weighted by molar-refractivity contribution is -0.135. The van der Waals surface area contributed by atoms with Gasteiger partial charge >= 0.3 is 0 Å². The van der Waals surface area contributed by atoms with Crippen molar-refractivity contribution in [3.05, 3.63) is 34.3 Å². The van der Waals surface area contributed by atoms with E-state index in [4.69, 9.17) is 11.6 Å². The molecular weight excluding hydrogens is 276 g/mol. The van der Waals surface area contributed by atoms with Crippen molar-refractivity contribution in [3.63, 3.8) is 0 Å². The van der Waals surface area contributed by atoms with Gasteiger partial charge in [0, 0.05) is 24.5 Å². The Hall–Kier alpha value is -1.55. The molecule has 2 amide bonds. The molecule has 2 rings (SSSR count). The molecule has 1 aromatic rings. The average Bonchev–Trinajstić information content (AvgIpc) is 2.79. The molecule has 0 spiro atoms. The van der Waals surface area contributed by atoms with Crippen LogP contribution in [0.1, 0.15) is 30.9 Å². The molecule has 20 heavy (non-hydrogen) atoms. The normalized spacial score (nSPS) is 18.4. The summed E-state index contributed by atoms with van der Waals surface area (Å²) in [6.07, 6.45) is 1.05. The van der Waals surface area contributed by atoms with Crippen LogP contribution < -0.4 is 5.32 Å². The van der Waals surface area contributed by atoms with Crippen LogP contribution in [-0.4, -0.2) is 29.3 Å². The number of nitrogens with zero attached hydrogens (tertiary/aromatic N) is 1. The largest absolute Gasteiger partial charge is 0.350 e. The van der Waals surface area contributed by atoms with E-state index in [1.165, 1.54) is 0 Å². The van der Waals surface area contributed by atoms with Crippen LogP contribution in [0.2, 0.25) is 5.02 Å². The molecule has 1 heterocycles. The van der Waals surface area contributed by atoms with E-state index in [1.807, 2.05) is 32.0 Å². The summed E-state index contributed by atoms with van der Waals surface area (Å²) in [5.74, 6) is -0.0430. The fourth-order valence-electron chi connectivity index (χ4n) is 2.59. The van der Waals surface area contributed by atoms with Crippen molar-refractivity contribution >= 4 is 23.4 Å². The van der Waals surface area contributed by atoms with E-state index in [9.17, 15) is 9.59 Å². The Balaban J connectivity index is 2.01. The van der Waals surface area contributed by atoms with E-state index in [1.54, 1.807) is 4.90 Å². The smallest absolute Gasteiger partial charge is 0.243 e. The van der Waals surface area contributed by atoms with Gasteiger partial charge in [0.05, 0.1) is 0 Å². The quantitative estimate of drug-likeness (QED) is 0.926. The van der Waals surface area contributed by atoms with Gasteiger partial charge in [-0.05, 0) is 37.5 Å². The number of hydrogen-bond acceptors (Lipinski definition) is 2. The van der Waals surface area contributed by atoms with E-state index < -0.39 is 0 Å². The molecule has 0 aliphatic carbocycles. The molecule has 0 saturated carbocycles. The number of amides is 2. The number of carbonyl (C=O) groups excluding carboxylic acids is 2. The fraction of sp³-hybridized carbons (Fsp3) is 0.467. The fourth-order valence-corrected chi connectivity index (χ4v) is 2.88.